The highest BCUT2D eigenvalue weighted by molar-refractivity contribution is 7.17. The summed E-state index contributed by atoms with van der Waals surface area (Å²) in [6.45, 7) is 0. The molecule has 132 valence electrons. The molecule has 0 amide bonds. The molecule has 0 saturated heterocycles. The molecule has 0 aromatic carbocycles. The van der Waals surface area contributed by atoms with Crippen LogP contribution < -0.4 is 0 Å². The average Bonchev–Trinajstić information content (AvgIpc) is 3.05. The fourth-order valence-electron chi connectivity index (χ4n) is 4.71. The van der Waals surface area contributed by atoms with Gasteiger partial charge in [-0.3, -0.25) is 4.40 Å². The molecule has 3 heteroatoms. The zero-order valence-corrected chi connectivity index (χ0v) is 15.8. The first-order chi connectivity index (χ1) is 11.9. The van der Waals surface area contributed by atoms with E-state index >= 15 is 0 Å². The Balaban J connectivity index is 1.49. The van der Waals surface area contributed by atoms with Crippen molar-refractivity contribution in [3.8, 4) is 0 Å². The summed E-state index contributed by atoms with van der Waals surface area (Å²) in [5, 5.41) is 0. The van der Waals surface area contributed by atoms with Crippen molar-refractivity contribution in [3.05, 3.63) is 23.0 Å². The summed E-state index contributed by atoms with van der Waals surface area (Å²) < 4.78 is 2.34. The average molecular weight is 345 g/mol. The van der Waals surface area contributed by atoms with Crippen LogP contribution in [0.15, 0.2) is 12.4 Å². The fourth-order valence-corrected chi connectivity index (χ4v) is 5.85. The van der Waals surface area contributed by atoms with Gasteiger partial charge in [0.25, 0.3) is 0 Å². The fraction of sp³-hybridized carbons (Fsp3) is 0.762. The van der Waals surface area contributed by atoms with Gasteiger partial charge in [0, 0.05) is 23.2 Å². The Morgan fingerprint density at radius 2 is 1.25 bits per heavy atom. The van der Waals surface area contributed by atoms with Gasteiger partial charge in [0.15, 0.2) is 4.96 Å². The first-order valence-electron chi connectivity index (χ1n) is 10.4. The Labute approximate surface area is 150 Å². The van der Waals surface area contributed by atoms with Gasteiger partial charge in [-0.25, -0.2) is 4.98 Å². The molecule has 2 heterocycles. The maximum atomic E-state index is 5.05. The zero-order valence-electron chi connectivity index (χ0n) is 15.0. The molecule has 0 N–H and O–H groups in total. The van der Waals surface area contributed by atoms with E-state index in [0.717, 1.165) is 5.92 Å². The number of nitrogens with zero attached hydrogens (tertiary/aromatic N) is 2. The summed E-state index contributed by atoms with van der Waals surface area (Å²) in [4.78, 5) is 7.87. The zero-order chi connectivity index (χ0) is 16.2. The minimum absolute atomic E-state index is 0.710. The lowest BCUT2D eigenvalue weighted by Crippen LogP contribution is -2.03. The molecule has 2 aromatic heterocycles. The highest BCUT2D eigenvalue weighted by Gasteiger charge is 2.20. The largest absolute Gasteiger partial charge is 0.297 e. The van der Waals surface area contributed by atoms with Gasteiger partial charge >= 0.3 is 0 Å². The van der Waals surface area contributed by atoms with E-state index in [-0.39, 0.29) is 0 Å². The van der Waals surface area contributed by atoms with Crippen molar-refractivity contribution in [2.75, 3.05) is 0 Å². The second-order valence-electron chi connectivity index (χ2n) is 8.07. The van der Waals surface area contributed by atoms with Crippen LogP contribution in [0, 0.1) is 0 Å². The van der Waals surface area contributed by atoms with E-state index in [1.807, 2.05) is 11.3 Å². The van der Waals surface area contributed by atoms with Crippen LogP contribution >= 0.6 is 11.3 Å². The number of thiazole rings is 1. The van der Waals surface area contributed by atoms with Crippen LogP contribution in [0.3, 0.4) is 0 Å². The molecule has 0 radical (unpaired) electrons. The van der Waals surface area contributed by atoms with E-state index < -0.39 is 0 Å². The van der Waals surface area contributed by atoms with Crippen LogP contribution in [0.25, 0.3) is 4.96 Å². The normalized spacial score (nSPS) is 22.8. The van der Waals surface area contributed by atoms with Gasteiger partial charge in [-0.1, -0.05) is 64.2 Å². The summed E-state index contributed by atoms with van der Waals surface area (Å²) in [7, 11) is 0. The smallest absolute Gasteiger partial charge is 0.194 e. The van der Waals surface area contributed by atoms with Crippen LogP contribution in [0.1, 0.15) is 112 Å². The molecular formula is C21H32N2S. The molecule has 0 spiro atoms. The standard InChI is InChI=1S/C21H32N2S/c1-3-7-11-17(12-8-4-1)19-15-23-16-20(24-21(23)22-19)18-13-9-5-2-6-10-14-18/h15-18H,1-14H2. The van der Waals surface area contributed by atoms with Crippen molar-refractivity contribution in [2.45, 2.75) is 102 Å². The lowest BCUT2D eigenvalue weighted by Gasteiger charge is -2.18. The van der Waals surface area contributed by atoms with E-state index in [1.54, 1.807) is 4.88 Å². The van der Waals surface area contributed by atoms with Gasteiger partial charge in [-0.15, -0.1) is 11.3 Å². The van der Waals surface area contributed by atoms with Gasteiger partial charge in [0.05, 0.1) is 5.69 Å². The number of hydrogen-bond acceptors (Lipinski definition) is 2. The lowest BCUT2D eigenvalue weighted by molar-refractivity contribution is 0.450. The Morgan fingerprint density at radius 1 is 0.708 bits per heavy atom. The molecule has 2 aromatic rings. The molecule has 2 aliphatic rings. The molecule has 2 fully saturated rings. The molecule has 0 unspecified atom stereocenters. The Hall–Kier alpha value is -0.830. The molecule has 2 saturated carbocycles. The third-order valence-corrected chi connectivity index (χ3v) is 7.38. The molecule has 0 bridgehead atoms. The SMILES string of the molecule is c1c(C2CCCCCCC2)nc2sc(C3CCCCCCC3)cn12. The predicted octanol–water partition coefficient (Wildman–Crippen LogP) is 7.05. The molecule has 4 rings (SSSR count). The summed E-state index contributed by atoms with van der Waals surface area (Å²) >= 11 is 1.97. The Morgan fingerprint density at radius 3 is 1.83 bits per heavy atom. The summed E-state index contributed by atoms with van der Waals surface area (Å²) in [6.07, 6.45) is 24.4. The Bertz CT molecular complexity index is 542. The first kappa shape index (κ1) is 16.6. The van der Waals surface area contributed by atoms with Crippen molar-refractivity contribution >= 4 is 16.3 Å². The minimum Gasteiger partial charge on any atom is -0.297 e. The summed E-state index contributed by atoms with van der Waals surface area (Å²) in [5.74, 6) is 1.50. The summed E-state index contributed by atoms with van der Waals surface area (Å²) in [5.41, 5.74) is 1.37. The second-order valence-corrected chi connectivity index (χ2v) is 9.11. The topological polar surface area (TPSA) is 17.3 Å². The van der Waals surface area contributed by atoms with Crippen molar-refractivity contribution < 1.29 is 0 Å². The monoisotopic (exact) mass is 344 g/mol. The number of rotatable bonds is 2. The molecule has 24 heavy (non-hydrogen) atoms. The van der Waals surface area contributed by atoms with Crippen molar-refractivity contribution in [1.82, 2.24) is 9.38 Å². The van der Waals surface area contributed by atoms with E-state index in [9.17, 15) is 0 Å². The minimum atomic E-state index is 0.710. The molecule has 2 aliphatic carbocycles. The lowest BCUT2D eigenvalue weighted by atomic mass is 9.89. The van der Waals surface area contributed by atoms with E-state index in [2.05, 4.69) is 16.8 Å². The van der Waals surface area contributed by atoms with Crippen molar-refractivity contribution in [3.63, 3.8) is 0 Å². The maximum Gasteiger partial charge on any atom is 0.194 e. The first-order valence-corrected chi connectivity index (χ1v) is 11.2. The van der Waals surface area contributed by atoms with Crippen LogP contribution in [-0.2, 0) is 0 Å². The maximum absolute atomic E-state index is 5.05. The third-order valence-electron chi connectivity index (χ3n) is 6.22. The number of imidazole rings is 1. The van der Waals surface area contributed by atoms with Crippen LogP contribution in [0.5, 0.6) is 0 Å². The number of fused-ring (bicyclic) bond motifs is 1. The van der Waals surface area contributed by atoms with Gasteiger partial charge in [-0.2, -0.15) is 0 Å². The van der Waals surface area contributed by atoms with Gasteiger partial charge in [0.2, 0.25) is 0 Å². The quantitative estimate of drug-likeness (QED) is 0.570. The highest BCUT2D eigenvalue weighted by Crippen LogP contribution is 2.36. The second kappa shape index (κ2) is 8.03. The molecular weight excluding hydrogens is 312 g/mol. The third kappa shape index (κ3) is 3.87. The van der Waals surface area contributed by atoms with Crippen molar-refractivity contribution in [1.29, 1.82) is 0 Å². The van der Waals surface area contributed by atoms with E-state index in [4.69, 9.17) is 4.98 Å². The van der Waals surface area contributed by atoms with Gasteiger partial charge in [-0.05, 0) is 31.6 Å². The molecule has 0 aliphatic heterocycles. The molecule has 0 atom stereocenters. The molecule has 2 nitrogen and oxygen atoms in total. The van der Waals surface area contributed by atoms with Crippen LogP contribution in [0.4, 0.5) is 0 Å². The van der Waals surface area contributed by atoms with E-state index in [0.29, 0.717) is 5.92 Å². The van der Waals surface area contributed by atoms with Crippen LogP contribution in [-0.4, -0.2) is 9.38 Å². The Kier molecular flexibility index (Phi) is 5.57. The highest BCUT2D eigenvalue weighted by atomic mass is 32.1. The number of aromatic nitrogens is 2. The van der Waals surface area contributed by atoms with Gasteiger partial charge in [0.1, 0.15) is 0 Å². The van der Waals surface area contributed by atoms with Crippen molar-refractivity contribution in [2.24, 2.45) is 0 Å². The predicted molar refractivity (Wildman–Crippen MR) is 103 cm³/mol. The van der Waals surface area contributed by atoms with Gasteiger partial charge < -0.3 is 0 Å². The summed E-state index contributed by atoms with van der Waals surface area (Å²) in [6, 6.07) is 0. The number of hydrogen-bond donors (Lipinski definition) is 0. The van der Waals surface area contributed by atoms with E-state index in [1.165, 1.54) is 101 Å². The van der Waals surface area contributed by atoms with Crippen LogP contribution in [0.2, 0.25) is 0 Å².